The van der Waals surface area contributed by atoms with E-state index in [1.54, 1.807) is 0 Å². The molecular formula is C42H44P2Pd+2. The van der Waals surface area contributed by atoms with E-state index >= 15 is 0 Å². The van der Waals surface area contributed by atoms with Crippen molar-refractivity contribution in [3.8, 4) is 0 Å². The normalized spacial score (nSPS) is 10.7. The van der Waals surface area contributed by atoms with Gasteiger partial charge in [0.1, 0.15) is 31.8 Å². The van der Waals surface area contributed by atoms with Crippen molar-refractivity contribution in [2.45, 2.75) is 41.5 Å². The van der Waals surface area contributed by atoms with E-state index in [9.17, 15) is 0 Å². The Morgan fingerprint density at radius 3 is 0.444 bits per heavy atom. The minimum Gasteiger partial charge on any atom is -0.0554 e. The average molecular weight is 717 g/mol. The van der Waals surface area contributed by atoms with Crippen LogP contribution in [0.3, 0.4) is 0 Å². The van der Waals surface area contributed by atoms with Crippen molar-refractivity contribution in [3.05, 3.63) is 179 Å². The minimum atomic E-state index is -0.927. The molecule has 0 saturated carbocycles. The van der Waals surface area contributed by atoms with Gasteiger partial charge in [0, 0.05) is 20.4 Å². The fraction of sp³-hybridized carbons (Fsp3) is 0.143. The van der Waals surface area contributed by atoms with Crippen molar-refractivity contribution in [3.63, 3.8) is 0 Å². The second kappa shape index (κ2) is 16.4. The predicted octanol–water partition coefficient (Wildman–Crippen LogP) is 8.20. The van der Waals surface area contributed by atoms with Gasteiger partial charge in [0.25, 0.3) is 0 Å². The molecule has 0 bridgehead atoms. The molecule has 0 aromatic heterocycles. The molecule has 230 valence electrons. The molecule has 6 rings (SSSR count). The third-order valence-corrected chi connectivity index (χ3v) is 13.5. The third kappa shape index (κ3) is 9.43. The van der Waals surface area contributed by atoms with Gasteiger partial charge in [-0.25, -0.2) is 0 Å². The fourth-order valence-electron chi connectivity index (χ4n) is 5.32. The van der Waals surface area contributed by atoms with Gasteiger partial charge in [-0.05, 0) is 114 Å². The van der Waals surface area contributed by atoms with Gasteiger partial charge in [0.05, 0.1) is 15.8 Å². The Bertz CT molecular complexity index is 1400. The largest absolute Gasteiger partial charge is 0.102 e. The van der Waals surface area contributed by atoms with Gasteiger partial charge in [0.15, 0.2) is 0 Å². The zero-order valence-electron chi connectivity index (χ0n) is 27.2. The number of hydrogen-bond acceptors (Lipinski definition) is 0. The van der Waals surface area contributed by atoms with Crippen molar-refractivity contribution < 1.29 is 20.4 Å². The van der Waals surface area contributed by atoms with Crippen molar-refractivity contribution in [1.82, 2.24) is 0 Å². The first-order valence-electron chi connectivity index (χ1n) is 15.4. The summed E-state index contributed by atoms with van der Waals surface area (Å²) in [6.07, 6.45) is 0. The molecule has 0 amide bonds. The van der Waals surface area contributed by atoms with E-state index in [4.69, 9.17) is 0 Å². The van der Waals surface area contributed by atoms with Gasteiger partial charge in [-0.2, -0.15) is 0 Å². The van der Waals surface area contributed by atoms with Gasteiger partial charge in [-0.1, -0.05) is 106 Å². The zero-order chi connectivity index (χ0) is 31.1. The number of hydrogen-bond donors (Lipinski definition) is 0. The van der Waals surface area contributed by atoms with E-state index < -0.39 is 15.8 Å². The van der Waals surface area contributed by atoms with Crippen LogP contribution in [0.25, 0.3) is 0 Å². The summed E-state index contributed by atoms with van der Waals surface area (Å²) >= 11 is 0. The molecule has 6 aromatic carbocycles. The van der Waals surface area contributed by atoms with Crippen LogP contribution >= 0.6 is 15.8 Å². The SMILES string of the molecule is Cc1ccc([PH+](c2ccc(C)cc2)c2ccc(C)cc2)cc1.Cc1ccc([PH+](c2ccc(C)cc2)c2ccc(C)cc2)cc1.[Pd]. The van der Waals surface area contributed by atoms with Crippen LogP contribution in [0, 0.1) is 41.5 Å². The summed E-state index contributed by atoms with van der Waals surface area (Å²) in [6, 6.07) is 54.2. The first kappa shape index (κ1) is 34.7. The summed E-state index contributed by atoms with van der Waals surface area (Å²) in [7, 11) is -1.85. The van der Waals surface area contributed by atoms with Crippen molar-refractivity contribution >= 4 is 47.7 Å². The molecule has 0 N–H and O–H groups in total. The van der Waals surface area contributed by atoms with Gasteiger partial charge in [-0.3, -0.25) is 0 Å². The number of benzene rings is 6. The van der Waals surface area contributed by atoms with Crippen molar-refractivity contribution in [2.24, 2.45) is 0 Å². The van der Waals surface area contributed by atoms with Gasteiger partial charge in [-0.15, -0.1) is 0 Å². The molecule has 0 aliphatic rings. The summed E-state index contributed by atoms with van der Waals surface area (Å²) in [5.74, 6) is 0. The second-order valence-corrected chi connectivity index (χ2v) is 16.9. The van der Waals surface area contributed by atoms with Crippen LogP contribution in [0.2, 0.25) is 0 Å². The maximum Gasteiger partial charge on any atom is 0.102 e. The smallest absolute Gasteiger partial charge is 0.0554 e. The van der Waals surface area contributed by atoms with E-state index in [0.29, 0.717) is 0 Å². The Labute approximate surface area is 287 Å². The molecule has 45 heavy (non-hydrogen) atoms. The summed E-state index contributed by atoms with van der Waals surface area (Å²) in [6.45, 7) is 12.9. The molecule has 0 atom stereocenters. The van der Waals surface area contributed by atoms with Crippen LogP contribution in [-0.2, 0) is 20.4 Å². The Hall–Kier alpha value is -3.16. The van der Waals surface area contributed by atoms with Gasteiger partial charge in [0.2, 0.25) is 0 Å². The molecule has 0 saturated heterocycles. The van der Waals surface area contributed by atoms with Gasteiger partial charge < -0.3 is 0 Å². The molecular weight excluding hydrogens is 673 g/mol. The molecule has 0 radical (unpaired) electrons. The number of aryl methyl sites for hydroxylation is 6. The van der Waals surface area contributed by atoms with Gasteiger partial charge >= 0.3 is 0 Å². The Kier molecular flexibility index (Phi) is 12.7. The Morgan fingerprint density at radius 1 is 0.222 bits per heavy atom. The minimum absolute atomic E-state index is 0. The average Bonchev–Trinajstić information content (AvgIpc) is 3.03. The van der Waals surface area contributed by atoms with Crippen LogP contribution in [0.15, 0.2) is 146 Å². The molecule has 0 aliphatic carbocycles. The summed E-state index contributed by atoms with van der Waals surface area (Å²) in [5.41, 5.74) is 7.91. The van der Waals surface area contributed by atoms with E-state index in [1.807, 2.05) is 0 Å². The van der Waals surface area contributed by atoms with Crippen molar-refractivity contribution in [1.29, 1.82) is 0 Å². The maximum absolute atomic E-state index is 2.29. The first-order chi connectivity index (χ1) is 21.3. The Morgan fingerprint density at radius 2 is 0.333 bits per heavy atom. The van der Waals surface area contributed by atoms with E-state index in [1.165, 1.54) is 65.2 Å². The molecule has 3 heteroatoms. The molecule has 0 fully saturated rings. The Balaban J connectivity index is 0.000000200. The third-order valence-electron chi connectivity index (χ3n) is 8.04. The second-order valence-electron chi connectivity index (χ2n) is 11.9. The van der Waals surface area contributed by atoms with Crippen LogP contribution in [0.1, 0.15) is 33.4 Å². The van der Waals surface area contributed by atoms with Crippen molar-refractivity contribution in [2.75, 3.05) is 0 Å². The van der Waals surface area contributed by atoms with E-state index in [0.717, 1.165) is 0 Å². The quantitative estimate of drug-likeness (QED) is 0.121. The van der Waals surface area contributed by atoms with Crippen LogP contribution < -0.4 is 31.8 Å². The molecule has 0 nitrogen and oxygen atoms in total. The molecule has 0 unspecified atom stereocenters. The monoisotopic (exact) mass is 716 g/mol. The van der Waals surface area contributed by atoms with E-state index in [-0.39, 0.29) is 20.4 Å². The summed E-state index contributed by atoms with van der Waals surface area (Å²) < 4.78 is 0. The molecule has 6 aromatic rings. The molecule has 0 spiro atoms. The topological polar surface area (TPSA) is 0 Å². The van der Waals surface area contributed by atoms with Crippen LogP contribution in [0.4, 0.5) is 0 Å². The maximum atomic E-state index is 2.29. The number of rotatable bonds is 6. The summed E-state index contributed by atoms with van der Waals surface area (Å²) in [4.78, 5) is 0. The summed E-state index contributed by atoms with van der Waals surface area (Å²) in [5, 5.41) is 8.69. The fourth-order valence-corrected chi connectivity index (χ4v) is 10.3. The first-order valence-corrected chi connectivity index (χ1v) is 18.4. The van der Waals surface area contributed by atoms with Crippen LogP contribution in [-0.4, -0.2) is 0 Å². The van der Waals surface area contributed by atoms with Crippen LogP contribution in [0.5, 0.6) is 0 Å². The molecule has 0 aliphatic heterocycles. The molecule has 0 heterocycles. The predicted molar refractivity (Wildman–Crippen MR) is 202 cm³/mol. The zero-order valence-corrected chi connectivity index (χ0v) is 30.7. The van der Waals surface area contributed by atoms with E-state index in [2.05, 4.69) is 187 Å². The standard InChI is InChI=1S/2C21H21P.Pd/c2*1-16-4-10-19(11-5-16)22(20-12-6-17(2)7-13-20)21-14-8-18(3)9-15-21;/h2*4-15H,1-3H3;/p+2.